The summed E-state index contributed by atoms with van der Waals surface area (Å²) in [6.45, 7) is 0. The van der Waals surface area contributed by atoms with Crippen molar-refractivity contribution in [2.75, 3.05) is 11.5 Å². The lowest BCUT2D eigenvalue weighted by molar-refractivity contribution is 0.474. The minimum Gasteiger partial charge on any atom is -0.322 e. The van der Waals surface area contributed by atoms with Gasteiger partial charge in [0.1, 0.15) is 0 Å². The van der Waals surface area contributed by atoms with Gasteiger partial charge in [-0.2, -0.15) is 11.8 Å². The second-order valence-electron chi connectivity index (χ2n) is 3.06. The standard InChI is InChI=1S/C8H12N2S2/c9-8(6-1-2-11-3-6)7-4-12-5-10-7/h4-6,8H,1-3,9H2. The van der Waals surface area contributed by atoms with Gasteiger partial charge in [0.25, 0.3) is 0 Å². The molecule has 2 unspecified atom stereocenters. The fraction of sp³-hybridized carbons (Fsp3) is 0.625. The lowest BCUT2D eigenvalue weighted by atomic mass is 9.98. The molecule has 1 aromatic rings. The monoisotopic (exact) mass is 200 g/mol. The van der Waals surface area contributed by atoms with E-state index in [4.69, 9.17) is 5.73 Å². The van der Waals surface area contributed by atoms with Crippen LogP contribution in [-0.4, -0.2) is 16.5 Å². The minimum atomic E-state index is 0.172. The molecule has 2 atom stereocenters. The molecule has 2 N–H and O–H groups in total. The van der Waals surface area contributed by atoms with Crippen molar-refractivity contribution in [3.63, 3.8) is 0 Å². The molecule has 0 radical (unpaired) electrons. The summed E-state index contributed by atoms with van der Waals surface area (Å²) >= 11 is 3.63. The third-order valence-electron chi connectivity index (χ3n) is 2.27. The van der Waals surface area contributed by atoms with E-state index in [2.05, 4.69) is 10.4 Å². The third kappa shape index (κ3) is 1.65. The van der Waals surface area contributed by atoms with Crippen LogP contribution in [0.25, 0.3) is 0 Å². The Morgan fingerprint density at radius 2 is 2.58 bits per heavy atom. The van der Waals surface area contributed by atoms with Crippen LogP contribution in [0.3, 0.4) is 0 Å². The first-order chi connectivity index (χ1) is 5.88. The van der Waals surface area contributed by atoms with Gasteiger partial charge in [-0.15, -0.1) is 11.3 Å². The van der Waals surface area contributed by atoms with Crippen LogP contribution in [0.1, 0.15) is 18.2 Å². The number of hydrogen-bond donors (Lipinski definition) is 1. The van der Waals surface area contributed by atoms with Gasteiger partial charge < -0.3 is 5.73 Å². The van der Waals surface area contributed by atoms with E-state index >= 15 is 0 Å². The van der Waals surface area contributed by atoms with E-state index in [1.807, 2.05) is 17.3 Å². The highest BCUT2D eigenvalue weighted by molar-refractivity contribution is 7.99. The Morgan fingerprint density at radius 1 is 1.67 bits per heavy atom. The van der Waals surface area contributed by atoms with Crippen LogP contribution in [0.5, 0.6) is 0 Å². The highest BCUT2D eigenvalue weighted by atomic mass is 32.2. The summed E-state index contributed by atoms with van der Waals surface area (Å²) in [6.07, 6.45) is 1.25. The predicted octanol–water partition coefficient (Wildman–Crippen LogP) is 1.90. The van der Waals surface area contributed by atoms with Crippen molar-refractivity contribution >= 4 is 23.1 Å². The summed E-state index contributed by atoms with van der Waals surface area (Å²) in [5.74, 6) is 3.12. The van der Waals surface area contributed by atoms with Crippen molar-refractivity contribution in [1.29, 1.82) is 0 Å². The van der Waals surface area contributed by atoms with Gasteiger partial charge in [-0.05, 0) is 23.8 Å². The zero-order chi connectivity index (χ0) is 8.39. The SMILES string of the molecule is NC(c1cscn1)C1CCSC1. The Kier molecular flexibility index (Phi) is 2.68. The number of aromatic nitrogens is 1. The van der Waals surface area contributed by atoms with E-state index in [1.165, 1.54) is 17.9 Å². The van der Waals surface area contributed by atoms with Crippen LogP contribution in [-0.2, 0) is 0 Å². The molecule has 0 bridgehead atoms. The topological polar surface area (TPSA) is 38.9 Å². The first kappa shape index (κ1) is 8.53. The quantitative estimate of drug-likeness (QED) is 0.792. The molecule has 1 aliphatic heterocycles. The number of thioether (sulfide) groups is 1. The van der Waals surface area contributed by atoms with Gasteiger partial charge in [0.05, 0.1) is 17.2 Å². The summed E-state index contributed by atoms with van der Waals surface area (Å²) in [5.41, 5.74) is 9.01. The first-order valence-electron chi connectivity index (χ1n) is 4.09. The number of hydrogen-bond acceptors (Lipinski definition) is 4. The van der Waals surface area contributed by atoms with Crippen LogP contribution in [0.15, 0.2) is 10.9 Å². The van der Waals surface area contributed by atoms with Gasteiger partial charge in [0.2, 0.25) is 0 Å². The average Bonchev–Trinajstić information content (AvgIpc) is 2.77. The summed E-state index contributed by atoms with van der Waals surface area (Å²) in [5, 5.41) is 2.06. The van der Waals surface area contributed by atoms with Crippen molar-refractivity contribution in [3.05, 3.63) is 16.6 Å². The lowest BCUT2D eigenvalue weighted by Gasteiger charge is -2.15. The smallest absolute Gasteiger partial charge is 0.0795 e. The highest BCUT2D eigenvalue weighted by Gasteiger charge is 2.24. The van der Waals surface area contributed by atoms with E-state index in [-0.39, 0.29) is 6.04 Å². The van der Waals surface area contributed by atoms with Gasteiger partial charge >= 0.3 is 0 Å². The Morgan fingerprint density at radius 3 is 3.17 bits per heavy atom. The zero-order valence-corrected chi connectivity index (χ0v) is 8.40. The van der Waals surface area contributed by atoms with E-state index < -0.39 is 0 Å². The van der Waals surface area contributed by atoms with E-state index in [9.17, 15) is 0 Å². The summed E-state index contributed by atoms with van der Waals surface area (Å²) in [7, 11) is 0. The Labute approximate surface area is 80.6 Å². The van der Waals surface area contributed by atoms with Crippen LogP contribution >= 0.6 is 23.1 Å². The van der Waals surface area contributed by atoms with E-state index in [1.54, 1.807) is 11.3 Å². The maximum atomic E-state index is 6.08. The third-order valence-corrected chi connectivity index (χ3v) is 4.06. The molecular weight excluding hydrogens is 188 g/mol. The Bertz CT molecular complexity index is 229. The molecule has 0 spiro atoms. The van der Waals surface area contributed by atoms with Gasteiger partial charge in [-0.1, -0.05) is 0 Å². The van der Waals surface area contributed by atoms with E-state index in [0.717, 1.165) is 5.69 Å². The molecule has 0 aromatic carbocycles. The largest absolute Gasteiger partial charge is 0.322 e. The van der Waals surface area contributed by atoms with Crippen LogP contribution < -0.4 is 5.73 Å². The van der Waals surface area contributed by atoms with Crippen molar-refractivity contribution in [2.45, 2.75) is 12.5 Å². The number of nitrogens with zero attached hydrogens (tertiary/aromatic N) is 1. The van der Waals surface area contributed by atoms with Crippen molar-refractivity contribution in [3.8, 4) is 0 Å². The highest BCUT2D eigenvalue weighted by Crippen LogP contribution is 2.32. The first-order valence-corrected chi connectivity index (χ1v) is 6.19. The molecule has 1 saturated heterocycles. The molecule has 2 nitrogen and oxygen atoms in total. The molecule has 0 amide bonds. The zero-order valence-electron chi connectivity index (χ0n) is 6.77. The molecule has 2 rings (SSSR count). The fourth-order valence-corrected chi connectivity index (χ4v) is 3.38. The molecule has 12 heavy (non-hydrogen) atoms. The molecule has 0 saturated carbocycles. The van der Waals surface area contributed by atoms with Crippen LogP contribution in [0.4, 0.5) is 0 Å². The summed E-state index contributed by atoms with van der Waals surface area (Å²) in [6, 6.07) is 0.172. The van der Waals surface area contributed by atoms with Crippen molar-refractivity contribution < 1.29 is 0 Å². The predicted molar refractivity (Wildman–Crippen MR) is 54.5 cm³/mol. The summed E-state index contributed by atoms with van der Waals surface area (Å²) < 4.78 is 0. The maximum absolute atomic E-state index is 6.08. The molecule has 0 aliphatic carbocycles. The molecule has 4 heteroatoms. The maximum Gasteiger partial charge on any atom is 0.0795 e. The van der Waals surface area contributed by atoms with Gasteiger partial charge in [0, 0.05) is 5.38 Å². The molecule has 1 aromatic heterocycles. The molecule has 2 heterocycles. The van der Waals surface area contributed by atoms with Gasteiger partial charge in [-0.25, -0.2) is 4.98 Å². The van der Waals surface area contributed by atoms with E-state index in [0.29, 0.717) is 5.92 Å². The molecule has 66 valence electrons. The molecule has 1 fully saturated rings. The van der Waals surface area contributed by atoms with Gasteiger partial charge in [0.15, 0.2) is 0 Å². The van der Waals surface area contributed by atoms with Crippen molar-refractivity contribution in [2.24, 2.45) is 11.7 Å². The van der Waals surface area contributed by atoms with Crippen molar-refractivity contribution in [1.82, 2.24) is 4.98 Å². The lowest BCUT2D eigenvalue weighted by Crippen LogP contribution is -2.21. The Hall–Kier alpha value is -0.0600. The molecule has 1 aliphatic rings. The second kappa shape index (κ2) is 3.77. The minimum absolute atomic E-state index is 0.172. The Balaban J connectivity index is 2.04. The second-order valence-corrected chi connectivity index (χ2v) is 4.93. The van der Waals surface area contributed by atoms with Crippen LogP contribution in [0.2, 0.25) is 0 Å². The number of rotatable bonds is 2. The molecular formula is C8H12N2S2. The normalized spacial score (nSPS) is 25.9. The fourth-order valence-electron chi connectivity index (χ4n) is 1.46. The van der Waals surface area contributed by atoms with Crippen LogP contribution in [0, 0.1) is 5.92 Å². The number of thiazole rings is 1. The number of nitrogens with two attached hydrogens (primary N) is 1. The summed E-state index contributed by atoms with van der Waals surface area (Å²) in [4.78, 5) is 4.24. The van der Waals surface area contributed by atoms with Gasteiger partial charge in [-0.3, -0.25) is 0 Å². The average molecular weight is 200 g/mol.